The largest absolute Gasteiger partial charge is 0.351 e. The van der Waals surface area contributed by atoms with Crippen molar-refractivity contribution >= 4 is 29.1 Å². The third kappa shape index (κ3) is 6.02. The molecule has 0 spiro atoms. The minimum atomic E-state index is -0.194. The van der Waals surface area contributed by atoms with Crippen LogP contribution in [0.25, 0.3) is 0 Å². The number of aryl methyl sites for hydroxylation is 1. The lowest BCUT2D eigenvalue weighted by Gasteiger charge is -2.36. The van der Waals surface area contributed by atoms with Crippen LogP contribution >= 0.6 is 11.3 Å². The van der Waals surface area contributed by atoms with Crippen molar-refractivity contribution in [1.82, 2.24) is 15.5 Å². The number of rotatable bonds is 6. The van der Waals surface area contributed by atoms with E-state index in [1.165, 1.54) is 0 Å². The molecule has 3 amide bonds. The number of thiophene rings is 1. The van der Waals surface area contributed by atoms with Gasteiger partial charge in [-0.1, -0.05) is 37.1 Å². The van der Waals surface area contributed by atoms with Crippen molar-refractivity contribution in [3.8, 4) is 0 Å². The average molecular weight is 468 g/mol. The molecule has 0 bridgehead atoms. The van der Waals surface area contributed by atoms with Crippen molar-refractivity contribution in [3.63, 3.8) is 0 Å². The first-order valence-electron chi connectivity index (χ1n) is 12.0. The Morgan fingerprint density at radius 3 is 2.45 bits per heavy atom. The number of nitrogens with one attached hydrogen (secondary N) is 2. The molecule has 2 fully saturated rings. The highest BCUT2D eigenvalue weighted by atomic mass is 32.1. The van der Waals surface area contributed by atoms with Gasteiger partial charge < -0.3 is 15.5 Å². The minimum Gasteiger partial charge on any atom is -0.351 e. The van der Waals surface area contributed by atoms with Gasteiger partial charge in [0.15, 0.2) is 0 Å². The Balaban J connectivity index is 1.34. The van der Waals surface area contributed by atoms with E-state index in [0.29, 0.717) is 25.1 Å². The highest BCUT2D eigenvalue weighted by molar-refractivity contribution is 7.10. The number of likely N-dealkylation sites (tertiary alicyclic amines) is 1. The van der Waals surface area contributed by atoms with E-state index < -0.39 is 0 Å². The summed E-state index contributed by atoms with van der Waals surface area (Å²) in [5.74, 6) is -0.176. The molecule has 176 valence electrons. The summed E-state index contributed by atoms with van der Waals surface area (Å²) in [5.41, 5.74) is 1.63. The molecule has 33 heavy (non-hydrogen) atoms. The van der Waals surface area contributed by atoms with Gasteiger partial charge in [-0.05, 0) is 55.7 Å². The van der Waals surface area contributed by atoms with Crippen LogP contribution in [0.1, 0.15) is 59.3 Å². The predicted molar refractivity (Wildman–Crippen MR) is 130 cm³/mol. The summed E-state index contributed by atoms with van der Waals surface area (Å²) in [6.07, 6.45) is 5.84. The van der Waals surface area contributed by atoms with E-state index in [-0.39, 0.29) is 35.7 Å². The van der Waals surface area contributed by atoms with Crippen LogP contribution in [0.3, 0.4) is 0 Å². The van der Waals surface area contributed by atoms with Crippen LogP contribution in [0.2, 0.25) is 0 Å². The summed E-state index contributed by atoms with van der Waals surface area (Å²) in [4.78, 5) is 41.6. The molecule has 6 nitrogen and oxygen atoms in total. The second-order valence-electron chi connectivity index (χ2n) is 9.23. The molecule has 7 heteroatoms. The summed E-state index contributed by atoms with van der Waals surface area (Å²) >= 11 is 1.59. The molecule has 1 saturated heterocycles. The Bertz CT molecular complexity index is 975. The van der Waals surface area contributed by atoms with E-state index >= 15 is 0 Å². The SMILES string of the molecule is Cc1ccccc1C(=O)N[C@@H]1CCCC[C@H]1NC(=O)[C@H]1CCCN(C(=O)Cc2cccs2)C1. The van der Waals surface area contributed by atoms with Gasteiger partial charge in [-0.15, -0.1) is 11.3 Å². The first-order chi connectivity index (χ1) is 16.0. The fourth-order valence-corrected chi connectivity index (χ4v) is 5.64. The fraction of sp³-hybridized carbons (Fsp3) is 0.500. The van der Waals surface area contributed by atoms with Gasteiger partial charge in [0.05, 0.1) is 12.3 Å². The molecule has 1 aliphatic carbocycles. The Morgan fingerprint density at radius 1 is 0.970 bits per heavy atom. The maximum Gasteiger partial charge on any atom is 0.251 e. The molecule has 2 N–H and O–H groups in total. The third-order valence-corrected chi connectivity index (χ3v) is 7.73. The monoisotopic (exact) mass is 467 g/mol. The molecule has 1 aromatic carbocycles. The van der Waals surface area contributed by atoms with E-state index in [9.17, 15) is 14.4 Å². The van der Waals surface area contributed by atoms with Gasteiger partial charge in [0.25, 0.3) is 5.91 Å². The number of piperidine rings is 1. The predicted octanol–water partition coefficient (Wildman–Crippen LogP) is 3.70. The Labute approximate surface area is 199 Å². The van der Waals surface area contributed by atoms with Crippen LogP contribution in [-0.2, 0) is 16.0 Å². The molecule has 1 saturated carbocycles. The van der Waals surface area contributed by atoms with Crippen molar-refractivity contribution in [2.24, 2.45) is 5.92 Å². The van der Waals surface area contributed by atoms with Gasteiger partial charge in [0, 0.05) is 35.6 Å². The quantitative estimate of drug-likeness (QED) is 0.680. The Morgan fingerprint density at radius 2 is 1.73 bits per heavy atom. The number of benzene rings is 1. The zero-order valence-electron chi connectivity index (χ0n) is 19.2. The van der Waals surface area contributed by atoms with E-state index in [0.717, 1.165) is 49.0 Å². The first-order valence-corrected chi connectivity index (χ1v) is 12.9. The van der Waals surface area contributed by atoms with Crippen molar-refractivity contribution < 1.29 is 14.4 Å². The Kier molecular flexibility index (Phi) is 7.81. The van der Waals surface area contributed by atoms with Crippen LogP contribution < -0.4 is 10.6 Å². The number of carbonyl (C=O) groups excluding carboxylic acids is 3. The lowest BCUT2D eigenvalue weighted by atomic mass is 9.88. The number of hydrogen-bond donors (Lipinski definition) is 2. The standard InChI is InChI=1S/C26H33N3O3S/c1-18-8-2-3-11-21(18)26(32)28-23-13-5-4-12-22(23)27-25(31)19-9-6-14-29(17-19)24(30)16-20-10-7-15-33-20/h2-3,7-8,10-11,15,19,22-23H,4-6,9,12-14,16-17H2,1H3,(H,27,31)(H,28,32)/t19-,22+,23+/m0/s1. The summed E-state index contributed by atoms with van der Waals surface area (Å²) < 4.78 is 0. The highest BCUT2D eigenvalue weighted by Crippen LogP contribution is 2.23. The third-order valence-electron chi connectivity index (χ3n) is 6.85. The van der Waals surface area contributed by atoms with Crippen molar-refractivity contribution in [3.05, 3.63) is 57.8 Å². The minimum absolute atomic E-state index is 0.00524. The second-order valence-corrected chi connectivity index (χ2v) is 10.3. The molecule has 2 heterocycles. The molecule has 4 rings (SSSR count). The van der Waals surface area contributed by atoms with Gasteiger partial charge in [0.1, 0.15) is 0 Å². The number of carbonyl (C=O) groups is 3. The lowest BCUT2D eigenvalue weighted by molar-refractivity contribution is -0.135. The maximum absolute atomic E-state index is 13.1. The van der Waals surface area contributed by atoms with Crippen molar-refractivity contribution in [2.75, 3.05) is 13.1 Å². The van der Waals surface area contributed by atoms with Crippen LogP contribution in [0.15, 0.2) is 41.8 Å². The average Bonchev–Trinajstić information content (AvgIpc) is 3.33. The summed E-state index contributed by atoms with van der Waals surface area (Å²) in [7, 11) is 0. The summed E-state index contributed by atoms with van der Waals surface area (Å²) in [5, 5.41) is 8.37. The molecule has 2 aromatic rings. The maximum atomic E-state index is 13.1. The Hall–Kier alpha value is -2.67. The molecule has 0 unspecified atom stereocenters. The number of amides is 3. The van der Waals surface area contributed by atoms with Crippen LogP contribution in [0.4, 0.5) is 0 Å². The molecule has 0 radical (unpaired) electrons. The normalized spacial score (nSPS) is 23.1. The second kappa shape index (κ2) is 11.0. The molecule has 3 atom stereocenters. The molecule has 1 aliphatic heterocycles. The van der Waals surface area contributed by atoms with Crippen molar-refractivity contribution in [1.29, 1.82) is 0 Å². The van der Waals surface area contributed by atoms with Crippen LogP contribution in [-0.4, -0.2) is 47.8 Å². The van der Waals surface area contributed by atoms with Gasteiger partial charge in [0.2, 0.25) is 11.8 Å². The number of nitrogens with zero attached hydrogens (tertiary/aromatic N) is 1. The zero-order chi connectivity index (χ0) is 23.2. The van der Waals surface area contributed by atoms with Gasteiger partial charge >= 0.3 is 0 Å². The van der Waals surface area contributed by atoms with Gasteiger partial charge in [-0.25, -0.2) is 0 Å². The van der Waals surface area contributed by atoms with E-state index in [1.807, 2.05) is 53.6 Å². The summed E-state index contributed by atoms with van der Waals surface area (Å²) in [6, 6.07) is 11.4. The smallest absolute Gasteiger partial charge is 0.251 e. The van der Waals surface area contributed by atoms with E-state index in [1.54, 1.807) is 11.3 Å². The lowest BCUT2D eigenvalue weighted by Crippen LogP contribution is -2.55. The van der Waals surface area contributed by atoms with Crippen LogP contribution in [0, 0.1) is 12.8 Å². The first kappa shape index (κ1) is 23.5. The van der Waals surface area contributed by atoms with E-state index in [2.05, 4.69) is 10.6 Å². The molecule has 1 aromatic heterocycles. The fourth-order valence-electron chi connectivity index (χ4n) is 4.94. The van der Waals surface area contributed by atoms with Crippen LogP contribution in [0.5, 0.6) is 0 Å². The molecular weight excluding hydrogens is 434 g/mol. The number of hydrogen-bond acceptors (Lipinski definition) is 4. The topological polar surface area (TPSA) is 78.5 Å². The molecular formula is C26H33N3O3S. The molecule has 2 aliphatic rings. The van der Waals surface area contributed by atoms with Crippen molar-refractivity contribution in [2.45, 2.75) is 64.0 Å². The highest BCUT2D eigenvalue weighted by Gasteiger charge is 2.33. The zero-order valence-corrected chi connectivity index (χ0v) is 20.0. The van der Waals surface area contributed by atoms with E-state index in [4.69, 9.17) is 0 Å². The summed E-state index contributed by atoms with van der Waals surface area (Å²) in [6.45, 7) is 3.12. The van der Waals surface area contributed by atoms with Gasteiger partial charge in [-0.2, -0.15) is 0 Å². The van der Waals surface area contributed by atoms with Gasteiger partial charge in [-0.3, -0.25) is 14.4 Å².